The molecule has 1 rings (SSSR count). The summed E-state index contributed by atoms with van der Waals surface area (Å²) in [6, 6.07) is 2.22. The minimum atomic E-state index is -1.03. The van der Waals surface area contributed by atoms with Crippen molar-refractivity contribution in [2.75, 3.05) is 0 Å². The average molecular weight is 330 g/mol. The molecule has 1 atom stereocenters. The van der Waals surface area contributed by atoms with Crippen LogP contribution in [0, 0.1) is 0 Å². The van der Waals surface area contributed by atoms with Crippen molar-refractivity contribution in [2.24, 2.45) is 0 Å². The molecule has 1 aromatic rings. The van der Waals surface area contributed by atoms with Gasteiger partial charge in [0.05, 0.1) is 12.2 Å². The molecule has 3 N–H and O–H groups in total. The lowest BCUT2D eigenvalue weighted by molar-refractivity contribution is -0.139. The summed E-state index contributed by atoms with van der Waals surface area (Å²) in [5.74, 6) is -1.03. The molecule has 0 saturated heterocycles. The zero-order chi connectivity index (χ0) is 14.3. The first-order valence-corrected chi connectivity index (χ1v) is 6.69. The van der Waals surface area contributed by atoms with Crippen LogP contribution < -0.4 is 10.6 Å². The van der Waals surface area contributed by atoms with E-state index in [1.807, 2.05) is 13.0 Å². The van der Waals surface area contributed by atoms with Crippen molar-refractivity contribution in [3.05, 3.63) is 28.5 Å². The molecule has 0 aliphatic carbocycles. The smallest absolute Gasteiger partial charge is 0.326 e. The second-order valence-corrected chi connectivity index (χ2v) is 4.89. The zero-order valence-corrected chi connectivity index (χ0v) is 12.1. The largest absolute Gasteiger partial charge is 0.480 e. The van der Waals surface area contributed by atoms with Gasteiger partial charge < -0.3 is 15.7 Å². The summed E-state index contributed by atoms with van der Waals surface area (Å²) >= 11 is 3.26. The van der Waals surface area contributed by atoms with Gasteiger partial charge in [0.15, 0.2) is 0 Å². The van der Waals surface area contributed by atoms with Crippen LogP contribution in [0.15, 0.2) is 22.8 Å². The molecule has 1 unspecified atom stereocenters. The number of hydrogen-bond donors (Lipinski definition) is 3. The van der Waals surface area contributed by atoms with Crippen LogP contribution in [-0.4, -0.2) is 28.1 Å². The van der Waals surface area contributed by atoms with Gasteiger partial charge in [0.1, 0.15) is 6.04 Å². The van der Waals surface area contributed by atoms with E-state index in [1.165, 1.54) is 0 Å². The summed E-state index contributed by atoms with van der Waals surface area (Å²) in [4.78, 5) is 26.5. The second-order valence-electron chi connectivity index (χ2n) is 3.97. The Balaban J connectivity index is 2.42. The Morgan fingerprint density at radius 2 is 2.21 bits per heavy atom. The number of urea groups is 1. The van der Waals surface area contributed by atoms with Crippen molar-refractivity contribution in [1.82, 2.24) is 15.6 Å². The van der Waals surface area contributed by atoms with Gasteiger partial charge in [0.2, 0.25) is 0 Å². The van der Waals surface area contributed by atoms with Crippen molar-refractivity contribution < 1.29 is 14.7 Å². The highest BCUT2D eigenvalue weighted by Crippen LogP contribution is 2.07. The molecule has 6 nitrogen and oxygen atoms in total. The molecule has 0 aliphatic rings. The van der Waals surface area contributed by atoms with Gasteiger partial charge >= 0.3 is 12.0 Å². The van der Waals surface area contributed by atoms with Gasteiger partial charge in [-0.05, 0) is 34.5 Å². The van der Waals surface area contributed by atoms with Gasteiger partial charge in [-0.1, -0.05) is 13.3 Å². The number of amides is 2. The first-order chi connectivity index (χ1) is 9.02. The van der Waals surface area contributed by atoms with Crippen LogP contribution in [0.3, 0.4) is 0 Å². The minimum absolute atomic E-state index is 0.248. The maximum atomic E-state index is 11.6. The number of nitrogens with one attached hydrogen (secondary N) is 2. The van der Waals surface area contributed by atoms with E-state index in [0.29, 0.717) is 18.5 Å². The molecule has 0 spiro atoms. The molecule has 0 saturated carbocycles. The molecular formula is C12H16BrN3O3. The first kappa shape index (κ1) is 15.4. The van der Waals surface area contributed by atoms with Crippen LogP contribution >= 0.6 is 15.9 Å². The highest BCUT2D eigenvalue weighted by Gasteiger charge is 2.18. The number of halogens is 1. The first-order valence-electron chi connectivity index (χ1n) is 5.90. The van der Waals surface area contributed by atoms with Crippen LogP contribution in [-0.2, 0) is 11.3 Å². The fourth-order valence-corrected chi connectivity index (χ4v) is 1.67. The lowest BCUT2D eigenvalue weighted by Crippen LogP contribution is -2.45. The molecule has 7 heteroatoms. The van der Waals surface area contributed by atoms with Gasteiger partial charge in [-0.15, -0.1) is 0 Å². The summed E-state index contributed by atoms with van der Waals surface area (Å²) < 4.78 is 0.856. The van der Waals surface area contributed by atoms with Gasteiger partial charge in [-0.25, -0.2) is 9.59 Å². The third kappa shape index (κ3) is 5.69. The lowest BCUT2D eigenvalue weighted by atomic mass is 10.2. The summed E-state index contributed by atoms with van der Waals surface area (Å²) in [7, 11) is 0. The number of carboxylic acids is 1. The van der Waals surface area contributed by atoms with E-state index in [1.54, 1.807) is 12.3 Å². The molecule has 19 heavy (non-hydrogen) atoms. The Bertz CT molecular complexity index is 436. The van der Waals surface area contributed by atoms with Crippen LogP contribution in [0.1, 0.15) is 25.5 Å². The van der Waals surface area contributed by atoms with Crippen molar-refractivity contribution in [3.8, 4) is 0 Å². The Kier molecular flexibility index (Phi) is 6.27. The van der Waals surface area contributed by atoms with Crippen molar-refractivity contribution in [1.29, 1.82) is 0 Å². The van der Waals surface area contributed by atoms with Crippen LogP contribution in [0.25, 0.3) is 0 Å². The topological polar surface area (TPSA) is 91.3 Å². The van der Waals surface area contributed by atoms with Gasteiger partial charge in [0.25, 0.3) is 0 Å². The number of nitrogens with zero attached hydrogens (tertiary/aromatic N) is 1. The van der Waals surface area contributed by atoms with Gasteiger partial charge in [-0.3, -0.25) is 4.98 Å². The van der Waals surface area contributed by atoms with Crippen molar-refractivity contribution in [2.45, 2.75) is 32.4 Å². The summed E-state index contributed by atoms with van der Waals surface area (Å²) in [5.41, 5.74) is 0.695. The van der Waals surface area contributed by atoms with Crippen molar-refractivity contribution >= 4 is 27.9 Å². The standard InChI is InChI=1S/C12H16BrN3O3/c1-2-3-10(11(17)18)16-12(19)15-7-9-5-4-8(13)6-14-9/h4-6,10H,2-3,7H2,1H3,(H,17,18)(H2,15,16,19). The average Bonchev–Trinajstić information content (AvgIpc) is 2.37. The number of carboxylic acid groups (broad SMARTS) is 1. The molecule has 0 aromatic carbocycles. The summed E-state index contributed by atoms with van der Waals surface area (Å²) in [5, 5.41) is 13.9. The van der Waals surface area contributed by atoms with E-state index in [4.69, 9.17) is 5.11 Å². The highest BCUT2D eigenvalue weighted by molar-refractivity contribution is 9.10. The number of carbonyl (C=O) groups is 2. The molecule has 0 bridgehead atoms. The molecule has 0 radical (unpaired) electrons. The monoisotopic (exact) mass is 329 g/mol. The Labute approximate surface area is 119 Å². The van der Waals surface area contributed by atoms with E-state index in [9.17, 15) is 9.59 Å². The number of carbonyl (C=O) groups excluding carboxylic acids is 1. The van der Waals surface area contributed by atoms with Gasteiger partial charge in [-0.2, -0.15) is 0 Å². The molecule has 2 amide bonds. The fraction of sp³-hybridized carbons (Fsp3) is 0.417. The summed E-state index contributed by atoms with van der Waals surface area (Å²) in [6.45, 7) is 2.11. The molecule has 1 heterocycles. The van der Waals surface area contributed by atoms with Crippen LogP contribution in [0.5, 0.6) is 0 Å². The Hall–Kier alpha value is -1.63. The van der Waals surface area contributed by atoms with E-state index < -0.39 is 18.0 Å². The minimum Gasteiger partial charge on any atom is -0.480 e. The quantitative estimate of drug-likeness (QED) is 0.743. The normalized spacial score (nSPS) is 11.7. The maximum absolute atomic E-state index is 11.6. The third-order valence-corrected chi connectivity index (χ3v) is 2.87. The lowest BCUT2D eigenvalue weighted by Gasteiger charge is -2.14. The van der Waals surface area contributed by atoms with E-state index in [-0.39, 0.29) is 6.54 Å². The highest BCUT2D eigenvalue weighted by atomic mass is 79.9. The third-order valence-electron chi connectivity index (χ3n) is 2.40. The summed E-state index contributed by atoms with van der Waals surface area (Å²) in [6.07, 6.45) is 2.72. The second kappa shape index (κ2) is 7.73. The fourth-order valence-electron chi connectivity index (χ4n) is 1.44. The maximum Gasteiger partial charge on any atom is 0.326 e. The molecule has 104 valence electrons. The SMILES string of the molecule is CCCC(NC(=O)NCc1ccc(Br)cn1)C(=O)O. The van der Waals surface area contributed by atoms with E-state index in [0.717, 1.165) is 4.47 Å². The molecule has 1 aromatic heterocycles. The number of rotatable bonds is 6. The molecule has 0 fully saturated rings. The Morgan fingerprint density at radius 1 is 1.47 bits per heavy atom. The van der Waals surface area contributed by atoms with E-state index in [2.05, 4.69) is 31.5 Å². The number of hydrogen-bond acceptors (Lipinski definition) is 3. The number of aromatic nitrogens is 1. The Morgan fingerprint density at radius 3 is 2.74 bits per heavy atom. The van der Waals surface area contributed by atoms with E-state index >= 15 is 0 Å². The predicted molar refractivity (Wildman–Crippen MR) is 73.6 cm³/mol. The molecule has 0 aliphatic heterocycles. The zero-order valence-electron chi connectivity index (χ0n) is 10.5. The van der Waals surface area contributed by atoms with Crippen molar-refractivity contribution in [3.63, 3.8) is 0 Å². The number of pyridine rings is 1. The van der Waals surface area contributed by atoms with Crippen LogP contribution in [0.4, 0.5) is 4.79 Å². The number of aliphatic carboxylic acids is 1. The molecular weight excluding hydrogens is 314 g/mol. The predicted octanol–water partition coefficient (Wildman–Crippen LogP) is 1.90. The van der Waals surface area contributed by atoms with Gasteiger partial charge in [0, 0.05) is 10.7 Å². The van der Waals surface area contributed by atoms with Crippen LogP contribution in [0.2, 0.25) is 0 Å².